The molecule has 3 aliphatic rings. The molecule has 2 saturated heterocycles. The number of fused-ring (bicyclic) bond motifs is 3. The Labute approximate surface area is 401 Å². The molecule has 69 heavy (non-hydrogen) atoms. The van der Waals surface area contributed by atoms with E-state index >= 15 is 0 Å². The molecule has 0 aromatic heterocycles. The number of carbonyl (C=O) groups is 2. The van der Waals surface area contributed by atoms with Crippen LogP contribution in [-0.2, 0) is 47.5 Å². The van der Waals surface area contributed by atoms with Crippen LogP contribution in [0.25, 0.3) is 11.1 Å². The van der Waals surface area contributed by atoms with Crippen LogP contribution in [0.5, 0.6) is 0 Å². The Morgan fingerprint density at radius 3 is 1.52 bits per heavy atom. The predicted octanol–water partition coefficient (Wildman–Crippen LogP) is 2.57. The first-order valence-electron chi connectivity index (χ1n) is 23.2. The highest BCUT2D eigenvalue weighted by atomic mass is 16.7. The highest BCUT2D eigenvalue weighted by Crippen LogP contribution is 2.44. The Morgan fingerprint density at radius 1 is 0.623 bits per heavy atom. The second-order valence-corrected chi connectivity index (χ2v) is 16.8. The standard InChI is InChI=1S/C50H63NO15.CH2O2/c52-40(45(57)47-42(54)31-63-49(65-47)33-12-3-1-4-13-33)28-51(29-41(53)46(58)48-43(55)32-64-50(66-48)34-14-5-2-6-15-34)21-23-60-25-27-61-26-24-59-22-11-20-44(56)62-30-39-37-18-9-7-16-35(37)36-17-8-10-19-38(36)39;2-1-3/h1-10,12-19,39-43,45-50,52-55,57-58H,11,20-32H2;1H,(H,2,3)/t40-,41-,42+,43+,45+,46+,47+,48+,49?,50?;/m0./s1. The number of aliphatic hydroxyl groups excluding tert-OH is 6. The summed E-state index contributed by atoms with van der Waals surface area (Å²) in [7, 11) is 0. The van der Waals surface area contributed by atoms with E-state index in [-0.39, 0.29) is 84.1 Å². The molecule has 2 fully saturated rings. The normalized spacial score (nSPS) is 22.9. The first kappa shape index (κ1) is 53.6. The van der Waals surface area contributed by atoms with Gasteiger partial charge in [-0.25, -0.2) is 0 Å². The fraction of sp³-hybridized carbons (Fsp3) is 0.490. The minimum atomic E-state index is -1.56. The summed E-state index contributed by atoms with van der Waals surface area (Å²) in [6.45, 7) is 1.12. The fourth-order valence-electron chi connectivity index (χ4n) is 8.48. The van der Waals surface area contributed by atoms with E-state index in [1.165, 1.54) is 22.3 Å². The smallest absolute Gasteiger partial charge is 0.305 e. The SMILES string of the molecule is O=C(CCCOCCOCCOCCN(C[C@H](O)[C@@H](O)[C@@H]1OC(c2ccccc2)OC[C@H]1O)C[C@H](O)[C@@H](O)[C@@H]1OC(c2ccccc2)OC[C@H]1O)OCC1c2ccccc2-c2ccccc21.O=CO. The van der Waals surface area contributed by atoms with E-state index in [4.69, 9.17) is 47.8 Å². The van der Waals surface area contributed by atoms with Crippen LogP contribution in [0.1, 0.15) is 53.6 Å². The van der Waals surface area contributed by atoms with Crippen LogP contribution in [0.3, 0.4) is 0 Å². The zero-order valence-electron chi connectivity index (χ0n) is 38.4. The number of nitrogens with zero attached hydrogens (tertiary/aromatic N) is 1. The van der Waals surface area contributed by atoms with Crippen LogP contribution < -0.4 is 0 Å². The van der Waals surface area contributed by atoms with Crippen molar-refractivity contribution >= 4 is 12.4 Å². The quantitative estimate of drug-likeness (QED) is 0.0286. The topological polar surface area (TPSA) is 253 Å². The van der Waals surface area contributed by atoms with Crippen LogP contribution in [0.2, 0.25) is 0 Å². The van der Waals surface area contributed by atoms with Gasteiger partial charge in [0.1, 0.15) is 43.2 Å². The van der Waals surface area contributed by atoms with Crippen LogP contribution in [-0.4, -0.2) is 181 Å². The van der Waals surface area contributed by atoms with Crippen LogP contribution in [0.4, 0.5) is 0 Å². The molecule has 2 aliphatic heterocycles. The van der Waals surface area contributed by atoms with E-state index in [1.54, 1.807) is 53.4 Å². The molecule has 10 atom stereocenters. The van der Waals surface area contributed by atoms with Gasteiger partial charge in [-0.3, -0.25) is 14.5 Å². The molecule has 2 unspecified atom stereocenters. The maximum absolute atomic E-state index is 12.6. The van der Waals surface area contributed by atoms with Crippen molar-refractivity contribution in [3.63, 3.8) is 0 Å². The van der Waals surface area contributed by atoms with Crippen molar-refractivity contribution < 1.29 is 83.2 Å². The molecule has 0 bridgehead atoms. The third-order valence-electron chi connectivity index (χ3n) is 12.0. The Kier molecular flexibility index (Phi) is 21.9. The van der Waals surface area contributed by atoms with Gasteiger partial charge in [-0.1, -0.05) is 109 Å². The van der Waals surface area contributed by atoms with E-state index in [0.717, 1.165) is 0 Å². The molecule has 18 nitrogen and oxygen atoms in total. The van der Waals surface area contributed by atoms with Crippen molar-refractivity contribution in [1.82, 2.24) is 4.90 Å². The maximum atomic E-state index is 12.6. The molecule has 7 rings (SSSR count). The second kappa shape index (κ2) is 28.2. The van der Waals surface area contributed by atoms with Gasteiger partial charge in [0.25, 0.3) is 6.47 Å². The minimum Gasteiger partial charge on any atom is -0.483 e. The molecular formula is C51H65NO17. The van der Waals surface area contributed by atoms with Gasteiger partial charge in [0.15, 0.2) is 12.6 Å². The molecule has 4 aromatic rings. The summed E-state index contributed by atoms with van der Waals surface area (Å²) in [4.78, 5) is 22.5. The second-order valence-electron chi connectivity index (χ2n) is 16.8. The number of hydrogen-bond acceptors (Lipinski definition) is 17. The maximum Gasteiger partial charge on any atom is 0.305 e. The molecule has 0 spiro atoms. The van der Waals surface area contributed by atoms with Crippen molar-refractivity contribution in [2.45, 2.75) is 80.2 Å². The lowest BCUT2D eigenvalue weighted by molar-refractivity contribution is -0.285. The fourth-order valence-corrected chi connectivity index (χ4v) is 8.48. The number of carbonyl (C=O) groups excluding carboxylic acids is 1. The summed E-state index contributed by atoms with van der Waals surface area (Å²) in [5.41, 5.74) is 6.06. The van der Waals surface area contributed by atoms with Gasteiger partial charge in [0, 0.05) is 49.7 Å². The van der Waals surface area contributed by atoms with Crippen molar-refractivity contribution in [3.8, 4) is 11.1 Å². The van der Waals surface area contributed by atoms with Crippen LogP contribution in [0, 0.1) is 0 Å². The molecule has 7 N–H and O–H groups in total. The molecular weight excluding hydrogens is 899 g/mol. The first-order valence-corrected chi connectivity index (χ1v) is 23.2. The van der Waals surface area contributed by atoms with Crippen molar-refractivity contribution in [2.24, 2.45) is 0 Å². The molecule has 376 valence electrons. The summed E-state index contributed by atoms with van der Waals surface area (Å²) < 4.78 is 45.9. The van der Waals surface area contributed by atoms with Crippen LogP contribution in [0.15, 0.2) is 109 Å². The lowest BCUT2D eigenvalue weighted by atomic mass is 9.98. The number of ether oxygens (including phenoxy) is 8. The number of rotatable bonds is 25. The summed E-state index contributed by atoms with van der Waals surface area (Å²) in [5.74, 6) is -0.251. The van der Waals surface area contributed by atoms with E-state index in [2.05, 4.69) is 24.3 Å². The lowest BCUT2D eigenvalue weighted by Crippen LogP contribution is -2.56. The number of benzene rings is 4. The van der Waals surface area contributed by atoms with Gasteiger partial charge >= 0.3 is 5.97 Å². The van der Waals surface area contributed by atoms with Gasteiger partial charge in [-0.2, -0.15) is 0 Å². The summed E-state index contributed by atoms with van der Waals surface area (Å²) >= 11 is 0. The van der Waals surface area contributed by atoms with E-state index in [9.17, 15) is 35.4 Å². The first-order chi connectivity index (χ1) is 33.6. The Bertz CT molecular complexity index is 1980. The van der Waals surface area contributed by atoms with Gasteiger partial charge in [0.05, 0.1) is 58.5 Å². The summed E-state index contributed by atoms with van der Waals surface area (Å²) in [6.07, 6.45) is -11.9. The highest BCUT2D eigenvalue weighted by Gasteiger charge is 2.42. The Hall–Kier alpha value is -4.74. The van der Waals surface area contributed by atoms with E-state index < -0.39 is 61.4 Å². The molecule has 1 aliphatic carbocycles. The molecule has 2 heterocycles. The zero-order chi connectivity index (χ0) is 49.0. The zero-order valence-corrected chi connectivity index (χ0v) is 38.4. The average Bonchev–Trinajstić information content (AvgIpc) is 3.69. The van der Waals surface area contributed by atoms with Crippen molar-refractivity contribution in [2.75, 3.05) is 79.1 Å². The molecule has 4 aromatic carbocycles. The van der Waals surface area contributed by atoms with Crippen molar-refractivity contribution in [1.29, 1.82) is 0 Å². The predicted molar refractivity (Wildman–Crippen MR) is 248 cm³/mol. The Balaban J connectivity index is 0.00000254. The molecule has 0 amide bonds. The minimum absolute atomic E-state index is 0.0160. The largest absolute Gasteiger partial charge is 0.483 e. The lowest BCUT2D eigenvalue weighted by Gasteiger charge is -2.40. The number of hydrogen-bond donors (Lipinski definition) is 7. The third kappa shape index (κ3) is 15.6. The average molecular weight is 964 g/mol. The molecule has 0 saturated carbocycles. The molecule has 0 radical (unpaired) electrons. The van der Waals surface area contributed by atoms with E-state index in [1.807, 2.05) is 36.4 Å². The number of carboxylic acid groups (broad SMARTS) is 1. The third-order valence-corrected chi connectivity index (χ3v) is 12.0. The van der Waals surface area contributed by atoms with E-state index in [0.29, 0.717) is 37.4 Å². The number of esters is 1. The summed E-state index contributed by atoms with van der Waals surface area (Å²) in [5, 5.41) is 73.4. The monoisotopic (exact) mass is 963 g/mol. The molecule has 18 heteroatoms. The van der Waals surface area contributed by atoms with Gasteiger partial charge in [-0.15, -0.1) is 0 Å². The van der Waals surface area contributed by atoms with Gasteiger partial charge < -0.3 is 73.6 Å². The van der Waals surface area contributed by atoms with Gasteiger partial charge in [0.2, 0.25) is 0 Å². The Morgan fingerprint density at radius 2 is 1.04 bits per heavy atom. The van der Waals surface area contributed by atoms with Gasteiger partial charge in [-0.05, 0) is 28.7 Å². The highest BCUT2D eigenvalue weighted by molar-refractivity contribution is 5.79. The number of aliphatic hydroxyl groups is 6. The van der Waals surface area contributed by atoms with Crippen molar-refractivity contribution in [3.05, 3.63) is 131 Å². The summed E-state index contributed by atoms with van der Waals surface area (Å²) in [6, 6.07) is 34.5. The van der Waals surface area contributed by atoms with Crippen LogP contribution >= 0.6 is 0 Å².